The Morgan fingerprint density at radius 1 is 1.33 bits per heavy atom. The first kappa shape index (κ1) is 23.6. The largest absolute Gasteiger partial charge is 0.480 e. The van der Waals surface area contributed by atoms with Crippen LogP contribution in [0.4, 0.5) is 0 Å². The minimum Gasteiger partial charge on any atom is -0.480 e. The minimum absolute atomic E-state index is 0.126. The van der Waals surface area contributed by atoms with Gasteiger partial charge >= 0.3 is 5.97 Å². The normalized spacial score (nSPS) is 15.9. The van der Waals surface area contributed by atoms with Gasteiger partial charge in [-0.2, -0.15) is 4.31 Å². The topological polar surface area (TPSA) is 97.7 Å². The predicted octanol–water partition coefficient (Wildman–Crippen LogP) is 2.08. The molecular formula is C15H31NO7S. The number of carboxylic acid groups (broad SMARTS) is 1. The van der Waals surface area contributed by atoms with E-state index in [1.165, 1.54) is 12.2 Å². The molecule has 0 spiro atoms. The molecule has 0 bridgehead atoms. The number of aliphatic carboxylic acids is 1. The summed E-state index contributed by atoms with van der Waals surface area (Å²) in [6.45, 7) is 9.85. The SMILES string of the molecule is CC(C)(CCO)OSN1COCOC1.CC(C)CCOCC(=O)O. The number of hydrogen-bond acceptors (Lipinski definition) is 8. The zero-order valence-electron chi connectivity index (χ0n) is 15.0. The lowest BCUT2D eigenvalue weighted by Crippen LogP contribution is -2.32. The lowest BCUT2D eigenvalue weighted by molar-refractivity contribution is -0.153. The standard InChI is InChI=1S/C8H17NO4S.C7H14O3/c1-8(2,3-4-10)13-14-9-5-11-7-12-6-9;1-6(2)3-4-10-5-7(8)9/h10H,3-7H2,1-2H3;6H,3-5H2,1-2H3,(H,8,9). The van der Waals surface area contributed by atoms with Gasteiger partial charge in [-0.3, -0.25) is 4.18 Å². The van der Waals surface area contributed by atoms with Gasteiger partial charge in [-0.15, -0.1) is 0 Å². The van der Waals surface area contributed by atoms with Gasteiger partial charge in [-0.05, 0) is 26.2 Å². The van der Waals surface area contributed by atoms with E-state index in [2.05, 4.69) is 13.8 Å². The molecule has 2 N–H and O–H groups in total. The average molecular weight is 369 g/mol. The molecule has 1 heterocycles. The Labute approximate surface area is 148 Å². The first-order chi connectivity index (χ1) is 11.3. The van der Waals surface area contributed by atoms with Crippen LogP contribution < -0.4 is 0 Å². The highest BCUT2D eigenvalue weighted by Crippen LogP contribution is 2.24. The number of rotatable bonds is 10. The van der Waals surface area contributed by atoms with Gasteiger partial charge in [-0.1, -0.05) is 13.8 Å². The van der Waals surface area contributed by atoms with Crippen molar-refractivity contribution in [1.29, 1.82) is 0 Å². The van der Waals surface area contributed by atoms with Crippen LogP contribution in [0.5, 0.6) is 0 Å². The van der Waals surface area contributed by atoms with Crippen LogP contribution in [0.2, 0.25) is 0 Å². The summed E-state index contributed by atoms with van der Waals surface area (Å²) in [5, 5.41) is 16.9. The molecule has 0 amide bonds. The minimum atomic E-state index is -0.899. The molecule has 144 valence electrons. The van der Waals surface area contributed by atoms with Crippen molar-refractivity contribution in [3.8, 4) is 0 Å². The highest BCUT2D eigenvalue weighted by molar-refractivity contribution is 7.92. The molecule has 0 aliphatic carbocycles. The molecule has 0 aromatic rings. The van der Waals surface area contributed by atoms with E-state index in [0.29, 0.717) is 39.2 Å². The molecule has 1 aliphatic rings. The summed E-state index contributed by atoms with van der Waals surface area (Å²) in [7, 11) is 0. The first-order valence-electron chi connectivity index (χ1n) is 7.93. The number of aliphatic hydroxyl groups excluding tert-OH is 1. The molecule has 1 fully saturated rings. The first-order valence-corrected chi connectivity index (χ1v) is 8.63. The van der Waals surface area contributed by atoms with Gasteiger partial charge in [-0.25, -0.2) is 4.79 Å². The van der Waals surface area contributed by atoms with Crippen LogP contribution in [-0.2, 0) is 23.2 Å². The van der Waals surface area contributed by atoms with Crippen molar-refractivity contribution in [1.82, 2.24) is 4.31 Å². The average Bonchev–Trinajstić information content (AvgIpc) is 2.51. The van der Waals surface area contributed by atoms with Gasteiger partial charge in [0.15, 0.2) is 0 Å². The van der Waals surface area contributed by atoms with Crippen LogP contribution in [-0.4, -0.2) is 66.2 Å². The van der Waals surface area contributed by atoms with E-state index >= 15 is 0 Å². The van der Waals surface area contributed by atoms with Gasteiger partial charge in [0.1, 0.15) is 26.9 Å². The fourth-order valence-electron chi connectivity index (χ4n) is 1.36. The number of carboxylic acids is 1. The quantitative estimate of drug-likeness (QED) is 0.341. The van der Waals surface area contributed by atoms with Crippen molar-refractivity contribution >= 4 is 18.2 Å². The van der Waals surface area contributed by atoms with E-state index in [9.17, 15) is 4.79 Å². The van der Waals surface area contributed by atoms with Gasteiger partial charge < -0.3 is 24.4 Å². The summed E-state index contributed by atoms with van der Waals surface area (Å²) in [4.78, 5) is 9.92. The number of carbonyl (C=O) groups is 1. The predicted molar refractivity (Wildman–Crippen MR) is 91.0 cm³/mol. The molecule has 9 heteroatoms. The summed E-state index contributed by atoms with van der Waals surface area (Å²) in [6.07, 6.45) is 1.53. The molecule has 1 saturated heterocycles. The maximum Gasteiger partial charge on any atom is 0.329 e. The highest BCUT2D eigenvalue weighted by Gasteiger charge is 2.21. The molecule has 1 aliphatic heterocycles. The Bertz CT molecular complexity index is 323. The molecule has 0 aromatic carbocycles. The smallest absolute Gasteiger partial charge is 0.329 e. The fourth-order valence-corrected chi connectivity index (χ4v) is 1.99. The van der Waals surface area contributed by atoms with Crippen molar-refractivity contribution in [2.75, 3.05) is 40.1 Å². The Balaban J connectivity index is 0.000000470. The second-order valence-electron chi connectivity index (χ2n) is 6.29. The lowest BCUT2D eigenvalue weighted by Gasteiger charge is -2.29. The zero-order chi connectivity index (χ0) is 18.4. The molecule has 0 atom stereocenters. The summed E-state index contributed by atoms with van der Waals surface area (Å²) in [5.74, 6) is -0.322. The third-order valence-corrected chi connectivity index (χ3v) is 3.73. The van der Waals surface area contributed by atoms with Crippen molar-refractivity contribution in [2.45, 2.75) is 46.1 Å². The van der Waals surface area contributed by atoms with E-state index in [4.69, 9.17) is 28.6 Å². The third kappa shape index (κ3) is 15.1. The van der Waals surface area contributed by atoms with Crippen molar-refractivity contribution < 1.29 is 33.4 Å². The third-order valence-electron chi connectivity index (χ3n) is 2.78. The Kier molecular flexibility index (Phi) is 13.6. The van der Waals surface area contributed by atoms with E-state index in [1.807, 2.05) is 18.2 Å². The molecule has 0 saturated carbocycles. The maximum absolute atomic E-state index is 9.92. The molecule has 0 unspecified atom stereocenters. The van der Waals surface area contributed by atoms with E-state index in [0.717, 1.165) is 6.42 Å². The molecule has 0 radical (unpaired) electrons. The van der Waals surface area contributed by atoms with E-state index < -0.39 is 5.97 Å². The fraction of sp³-hybridized carbons (Fsp3) is 0.933. The molecule has 1 rings (SSSR count). The van der Waals surface area contributed by atoms with Crippen LogP contribution in [0.1, 0.15) is 40.5 Å². The van der Waals surface area contributed by atoms with E-state index in [-0.39, 0.29) is 18.8 Å². The number of ether oxygens (including phenoxy) is 3. The molecular weight excluding hydrogens is 338 g/mol. The number of aliphatic hydroxyl groups is 1. The van der Waals surface area contributed by atoms with E-state index in [1.54, 1.807) is 0 Å². The van der Waals surface area contributed by atoms with Crippen LogP contribution in [0, 0.1) is 5.92 Å². The Morgan fingerprint density at radius 2 is 1.96 bits per heavy atom. The highest BCUT2D eigenvalue weighted by atomic mass is 32.2. The van der Waals surface area contributed by atoms with Crippen molar-refractivity contribution in [2.24, 2.45) is 5.92 Å². The van der Waals surface area contributed by atoms with Gasteiger partial charge in [0.25, 0.3) is 0 Å². The number of nitrogens with zero attached hydrogens (tertiary/aromatic N) is 1. The summed E-state index contributed by atoms with van der Waals surface area (Å²) in [6, 6.07) is 0. The Hall–Kier alpha value is -0.420. The monoisotopic (exact) mass is 369 g/mol. The van der Waals surface area contributed by atoms with Crippen molar-refractivity contribution in [3.63, 3.8) is 0 Å². The lowest BCUT2D eigenvalue weighted by atomic mass is 10.1. The van der Waals surface area contributed by atoms with Crippen LogP contribution in [0.3, 0.4) is 0 Å². The Morgan fingerprint density at radius 3 is 2.46 bits per heavy atom. The van der Waals surface area contributed by atoms with Crippen LogP contribution in [0.15, 0.2) is 0 Å². The summed E-state index contributed by atoms with van der Waals surface area (Å²) in [5.41, 5.74) is -0.336. The van der Waals surface area contributed by atoms with Crippen LogP contribution >= 0.6 is 12.2 Å². The molecule has 8 nitrogen and oxygen atoms in total. The number of hydrogen-bond donors (Lipinski definition) is 2. The maximum atomic E-state index is 9.92. The van der Waals surface area contributed by atoms with Crippen LogP contribution in [0.25, 0.3) is 0 Å². The van der Waals surface area contributed by atoms with Gasteiger partial charge in [0.05, 0.1) is 17.8 Å². The second kappa shape index (κ2) is 13.8. The van der Waals surface area contributed by atoms with Gasteiger partial charge in [0.2, 0.25) is 0 Å². The summed E-state index contributed by atoms with van der Waals surface area (Å²) >= 11 is 1.22. The zero-order valence-corrected chi connectivity index (χ0v) is 15.8. The van der Waals surface area contributed by atoms with Gasteiger partial charge in [0, 0.05) is 19.6 Å². The van der Waals surface area contributed by atoms with Crippen molar-refractivity contribution in [3.05, 3.63) is 0 Å². The molecule has 24 heavy (non-hydrogen) atoms. The summed E-state index contributed by atoms with van der Waals surface area (Å²) < 4.78 is 22.3. The molecule has 0 aromatic heterocycles. The second-order valence-corrected chi connectivity index (χ2v) is 7.12.